The van der Waals surface area contributed by atoms with Crippen LogP contribution in [0.3, 0.4) is 0 Å². The predicted octanol–water partition coefficient (Wildman–Crippen LogP) is 3.40. The molecule has 0 aliphatic carbocycles. The molecular formula is C21H19N3O4. The van der Waals surface area contributed by atoms with Crippen LogP contribution in [0.4, 0.5) is 5.82 Å². The Balaban J connectivity index is 1.81. The maximum absolute atomic E-state index is 13.1. The molecule has 7 heteroatoms. The number of Topliss-reactive ketones (excluding diaryl/α,β-unsaturated/α-hetero) is 1. The summed E-state index contributed by atoms with van der Waals surface area (Å²) >= 11 is 0. The van der Waals surface area contributed by atoms with Crippen LogP contribution in [0.1, 0.15) is 28.3 Å². The highest BCUT2D eigenvalue weighted by Gasteiger charge is 2.36. The van der Waals surface area contributed by atoms with Crippen LogP contribution in [0.25, 0.3) is 11.3 Å². The Hall–Kier alpha value is -3.61. The number of fused-ring (bicyclic) bond motifs is 1. The van der Waals surface area contributed by atoms with Gasteiger partial charge in [0.15, 0.2) is 23.1 Å². The van der Waals surface area contributed by atoms with Crippen LogP contribution in [0.2, 0.25) is 0 Å². The number of carbonyl (C=O) groups excluding carboxylic acids is 2. The van der Waals surface area contributed by atoms with Crippen molar-refractivity contribution in [2.75, 3.05) is 19.5 Å². The lowest BCUT2D eigenvalue weighted by molar-refractivity contribution is -0.116. The van der Waals surface area contributed by atoms with Crippen molar-refractivity contribution in [3.8, 4) is 22.8 Å². The van der Waals surface area contributed by atoms with Crippen molar-refractivity contribution in [3.05, 3.63) is 59.7 Å². The molecule has 3 aromatic rings. The SMILES string of the molecule is COc1ccc(-c2[nH]nc3c2C(C(=O)c2ccccc2)CC(=O)N3)cc1OC. The molecule has 1 aromatic heterocycles. The number of ketones is 1. The van der Waals surface area contributed by atoms with Crippen LogP contribution >= 0.6 is 0 Å². The van der Waals surface area contributed by atoms with Gasteiger partial charge in [0.25, 0.3) is 0 Å². The summed E-state index contributed by atoms with van der Waals surface area (Å²) in [6.07, 6.45) is 0.0700. The molecule has 0 saturated carbocycles. The van der Waals surface area contributed by atoms with Gasteiger partial charge in [-0.1, -0.05) is 30.3 Å². The lowest BCUT2D eigenvalue weighted by atomic mass is 9.84. The number of benzene rings is 2. The first-order chi connectivity index (χ1) is 13.6. The Morgan fingerprint density at radius 1 is 1.07 bits per heavy atom. The van der Waals surface area contributed by atoms with Crippen molar-refractivity contribution in [1.82, 2.24) is 10.2 Å². The van der Waals surface area contributed by atoms with Crippen LogP contribution in [0.15, 0.2) is 48.5 Å². The number of anilines is 1. The van der Waals surface area contributed by atoms with Crippen molar-refractivity contribution in [3.63, 3.8) is 0 Å². The fourth-order valence-electron chi connectivity index (χ4n) is 3.49. The number of carbonyl (C=O) groups is 2. The number of hydrogen-bond acceptors (Lipinski definition) is 5. The topological polar surface area (TPSA) is 93.3 Å². The summed E-state index contributed by atoms with van der Waals surface area (Å²) in [6, 6.07) is 14.4. The van der Waals surface area contributed by atoms with Crippen molar-refractivity contribution in [2.24, 2.45) is 0 Å². The predicted molar refractivity (Wildman–Crippen MR) is 104 cm³/mol. The molecule has 0 radical (unpaired) electrons. The van der Waals surface area contributed by atoms with Gasteiger partial charge in [0.05, 0.1) is 25.8 Å². The van der Waals surface area contributed by atoms with E-state index in [1.807, 2.05) is 30.3 Å². The van der Waals surface area contributed by atoms with E-state index < -0.39 is 5.92 Å². The van der Waals surface area contributed by atoms with Gasteiger partial charge in [-0.15, -0.1) is 0 Å². The highest BCUT2D eigenvalue weighted by molar-refractivity contribution is 6.08. The van der Waals surface area contributed by atoms with Gasteiger partial charge >= 0.3 is 0 Å². The van der Waals surface area contributed by atoms with Gasteiger partial charge in [0, 0.05) is 23.1 Å². The number of amides is 1. The van der Waals surface area contributed by atoms with Gasteiger partial charge < -0.3 is 14.8 Å². The van der Waals surface area contributed by atoms with E-state index in [1.165, 1.54) is 0 Å². The zero-order valence-electron chi connectivity index (χ0n) is 15.5. The normalized spacial score (nSPS) is 15.5. The van der Waals surface area contributed by atoms with Gasteiger partial charge in [-0.2, -0.15) is 5.10 Å². The molecule has 2 heterocycles. The van der Waals surface area contributed by atoms with Crippen molar-refractivity contribution in [2.45, 2.75) is 12.3 Å². The molecule has 1 aliphatic heterocycles. The fourth-order valence-corrected chi connectivity index (χ4v) is 3.49. The molecule has 28 heavy (non-hydrogen) atoms. The minimum atomic E-state index is -0.618. The molecule has 0 fully saturated rings. The molecule has 0 saturated heterocycles. The number of aromatic amines is 1. The zero-order valence-corrected chi connectivity index (χ0v) is 15.5. The van der Waals surface area contributed by atoms with Crippen LogP contribution in [0.5, 0.6) is 11.5 Å². The maximum Gasteiger partial charge on any atom is 0.226 e. The monoisotopic (exact) mass is 377 g/mol. The number of hydrogen-bond donors (Lipinski definition) is 2. The molecule has 2 N–H and O–H groups in total. The Morgan fingerprint density at radius 3 is 2.54 bits per heavy atom. The Kier molecular flexibility index (Phi) is 4.57. The fraction of sp³-hybridized carbons (Fsp3) is 0.190. The van der Waals surface area contributed by atoms with Crippen LogP contribution in [-0.2, 0) is 4.79 Å². The first-order valence-corrected chi connectivity index (χ1v) is 8.82. The average molecular weight is 377 g/mol. The summed E-state index contributed by atoms with van der Waals surface area (Å²) < 4.78 is 10.7. The Bertz CT molecular complexity index is 1040. The number of ether oxygens (including phenoxy) is 2. The van der Waals surface area contributed by atoms with Crippen LogP contribution < -0.4 is 14.8 Å². The summed E-state index contributed by atoms with van der Waals surface area (Å²) in [7, 11) is 3.13. The van der Waals surface area contributed by atoms with E-state index in [9.17, 15) is 9.59 Å². The summed E-state index contributed by atoms with van der Waals surface area (Å²) in [5, 5.41) is 9.94. The third kappa shape index (κ3) is 3.00. The van der Waals surface area contributed by atoms with Crippen molar-refractivity contribution in [1.29, 1.82) is 0 Å². The molecule has 1 amide bonds. The highest BCUT2D eigenvalue weighted by atomic mass is 16.5. The molecular weight excluding hydrogens is 358 g/mol. The summed E-state index contributed by atoms with van der Waals surface area (Å²) in [5.74, 6) is 0.592. The molecule has 0 spiro atoms. The van der Waals surface area contributed by atoms with Gasteiger partial charge in [-0.25, -0.2) is 0 Å². The molecule has 142 valence electrons. The molecule has 0 bridgehead atoms. The minimum absolute atomic E-state index is 0.0700. The van der Waals surface area contributed by atoms with Gasteiger partial charge in [-0.3, -0.25) is 14.7 Å². The number of aromatic nitrogens is 2. The molecule has 4 rings (SSSR count). The van der Waals surface area contributed by atoms with Gasteiger partial charge in [0.2, 0.25) is 5.91 Å². The van der Waals surface area contributed by atoms with E-state index in [4.69, 9.17) is 9.47 Å². The second-order valence-corrected chi connectivity index (χ2v) is 6.47. The first kappa shape index (κ1) is 17.8. The summed E-state index contributed by atoms with van der Waals surface area (Å²) in [4.78, 5) is 25.3. The molecule has 7 nitrogen and oxygen atoms in total. The Labute approximate surface area is 161 Å². The lowest BCUT2D eigenvalue weighted by Crippen LogP contribution is -2.27. The van der Waals surface area contributed by atoms with Crippen LogP contribution in [0, 0.1) is 0 Å². The van der Waals surface area contributed by atoms with E-state index in [0.717, 1.165) is 5.56 Å². The number of rotatable bonds is 5. The third-order valence-electron chi connectivity index (χ3n) is 4.85. The van der Waals surface area contributed by atoms with E-state index in [-0.39, 0.29) is 18.1 Å². The second-order valence-electron chi connectivity index (χ2n) is 6.47. The lowest BCUT2D eigenvalue weighted by Gasteiger charge is -2.22. The number of nitrogens with zero attached hydrogens (tertiary/aromatic N) is 1. The second kappa shape index (κ2) is 7.19. The smallest absolute Gasteiger partial charge is 0.226 e. The van der Waals surface area contributed by atoms with Crippen molar-refractivity contribution >= 4 is 17.5 Å². The van der Waals surface area contributed by atoms with Crippen molar-refractivity contribution < 1.29 is 19.1 Å². The van der Waals surface area contributed by atoms with E-state index in [2.05, 4.69) is 15.5 Å². The Morgan fingerprint density at radius 2 is 1.82 bits per heavy atom. The zero-order chi connectivity index (χ0) is 19.7. The summed E-state index contributed by atoms with van der Waals surface area (Å²) in [5.41, 5.74) is 2.70. The maximum atomic E-state index is 13.1. The van der Waals surface area contributed by atoms with E-state index >= 15 is 0 Å². The largest absolute Gasteiger partial charge is 0.493 e. The quantitative estimate of drug-likeness (QED) is 0.665. The minimum Gasteiger partial charge on any atom is -0.493 e. The standard InChI is InChI=1S/C21H19N3O4/c1-27-15-9-8-13(10-16(15)28-2)19-18-14(11-17(25)22-21(18)24-23-19)20(26)12-6-4-3-5-7-12/h3-10,14H,11H2,1-2H3,(H2,22,23,24,25). The van der Waals surface area contributed by atoms with E-state index in [0.29, 0.717) is 34.1 Å². The van der Waals surface area contributed by atoms with Gasteiger partial charge in [-0.05, 0) is 18.2 Å². The average Bonchev–Trinajstić information content (AvgIpc) is 3.16. The first-order valence-electron chi connectivity index (χ1n) is 8.82. The highest BCUT2D eigenvalue weighted by Crippen LogP contribution is 2.41. The number of nitrogens with one attached hydrogen (secondary N) is 2. The van der Waals surface area contributed by atoms with Crippen LogP contribution in [-0.4, -0.2) is 36.1 Å². The molecule has 1 atom stereocenters. The molecule has 1 unspecified atom stereocenters. The van der Waals surface area contributed by atoms with E-state index in [1.54, 1.807) is 32.4 Å². The molecule has 1 aliphatic rings. The molecule has 2 aromatic carbocycles. The summed E-state index contributed by atoms with van der Waals surface area (Å²) in [6.45, 7) is 0. The van der Waals surface area contributed by atoms with Gasteiger partial charge in [0.1, 0.15) is 0 Å². The number of H-pyrrole nitrogens is 1. The number of methoxy groups -OCH3 is 2. The third-order valence-corrected chi connectivity index (χ3v) is 4.85.